The summed E-state index contributed by atoms with van der Waals surface area (Å²) in [5, 5.41) is 2.77. The van der Waals surface area contributed by atoms with Crippen LogP contribution in [-0.4, -0.2) is 0 Å². The van der Waals surface area contributed by atoms with Gasteiger partial charge in [0.1, 0.15) is 0 Å². The van der Waals surface area contributed by atoms with Crippen LogP contribution in [0, 0.1) is 6.92 Å². The zero-order valence-corrected chi connectivity index (χ0v) is 9.54. The average Bonchev–Trinajstić information content (AvgIpc) is 2.66. The minimum atomic E-state index is 1.34. The van der Waals surface area contributed by atoms with E-state index in [0.29, 0.717) is 0 Å². The van der Waals surface area contributed by atoms with E-state index in [1.165, 1.54) is 27.5 Å². The fourth-order valence-electron chi connectivity index (χ4n) is 2.10. The van der Waals surface area contributed by atoms with E-state index in [4.69, 9.17) is 0 Å². The van der Waals surface area contributed by atoms with Crippen LogP contribution in [0.5, 0.6) is 0 Å². The molecule has 3 rings (SSSR count). The van der Waals surface area contributed by atoms with E-state index in [9.17, 15) is 0 Å². The van der Waals surface area contributed by atoms with Gasteiger partial charge in [0.05, 0.1) is 0 Å². The molecule has 2 aromatic rings. The lowest BCUT2D eigenvalue weighted by molar-refractivity contribution is 1.50. The van der Waals surface area contributed by atoms with Crippen molar-refractivity contribution in [3.05, 3.63) is 47.0 Å². The first-order valence-electron chi connectivity index (χ1n) is 5.56. The van der Waals surface area contributed by atoms with E-state index in [-0.39, 0.29) is 0 Å². The Morgan fingerprint density at radius 2 is 1.60 bits per heavy atom. The van der Waals surface area contributed by atoms with Crippen LogP contribution in [0.25, 0.3) is 22.9 Å². The van der Waals surface area contributed by atoms with Crippen molar-refractivity contribution >= 4 is 22.9 Å². The van der Waals surface area contributed by atoms with E-state index in [1.54, 1.807) is 0 Å². The smallest absolute Gasteiger partial charge is 0.00387 e. The van der Waals surface area contributed by atoms with Gasteiger partial charge in [0.2, 0.25) is 0 Å². The van der Waals surface area contributed by atoms with Gasteiger partial charge in [-0.15, -0.1) is 0 Å². The van der Waals surface area contributed by atoms with Crippen LogP contribution < -0.4 is 0 Å². The second-order valence-corrected chi connectivity index (χ2v) is 3.63. The lowest BCUT2D eigenvalue weighted by Crippen LogP contribution is -1.80. The minimum absolute atomic E-state index is 1.34. The average molecular weight is 196 g/mol. The van der Waals surface area contributed by atoms with Crippen molar-refractivity contribution in [1.29, 1.82) is 0 Å². The molecule has 76 valence electrons. The summed E-state index contributed by atoms with van der Waals surface area (Å²) >= 11 is 0. The molecule has 0 unspecified atom stereocenters. The zero-order chi connectivity index (χ0) is 10.8. The highest BCUT2D eigenvalue weighted by molar-refractivity contribution is 6.04. The number of hydrogen-bond acceptors (Lipinski definition) is 0. The fraction of sp³-hybridized carbons (Fsp3) is 0.200. The van der Waals surface area contributed by atoms with Crippen molar-refractivity contribution in [1.82, 2.24) is 0 Å². The van der Waals surface area contributed by atoms with Crippen LogP contribution in [0.15, 0.2) is 30.3 Å². The third-order valence-electron chi connectivity index (χ3n) is 2.63. The molecule has 0 radical (unpaired) electrons. The van der Waals surface area contributed by atoms with E-state index < -0.39 is 0 Å². The zero-order valence-electron chi connectivity index (χ0n) is 9.54. The van der Waals surface area contributed by atoms with Crippen molar-refractivity contribution in [3.63, 3.8) is 0 Å². The topological polar surface area (TPSA) is 0 Å². The molecule has 1 aliphatic rings. The van der Waals surface area contributed by atoms with Gasteiger partial charge in [-0.2, -0.15) is 0 Å². The second-order valence-electron chi connectivity index (χ2n) is 3.63. The molecule has 0 atom stereocenters. The van der Waals surface area contributed by atoms with Crippen molar-refractivity contribution in [3.8, 4) is 0 Å². The monoisotopic (exact) mass is 196 g/mol. The number of hydrogen-bond donors (Lipinski definition) is 0. The van der Waals surface area contributed by atoms with E-state index in [0.717, 1.165) is 0 Å². The molecule has 1 aliphatic carbocycles. The van der Waals surface area contributed by atoms with Crippen molar-refractivity contribution in [2.45, 2.75) is 20.8 Å². The maximum Gasteiger partial charge on any atom is -0.00387 e. The van der Waals surface area contributed by atoms with Crippen molar-refractivity contribution in [2.24, 2.45) is 0 Å². The molecule has 0 nitrogen and oxygen atoms in total. The standard InChI is InChI=1S/C13H10.C2H6/c1-9-7-11-4-2-3-10-5-6-12(8-9)13(10)11;1-2/h2-8H,1H3;1-2H3. The van der Waals surface area contributed by atoms with Gasteiger partial charge in [0.15, 0.2) is 0 Å². The highest BCUT2D eigenvalue weighted by Crippen LogP contribution is 2.31. The molecule has 0 spiro atoms. The lowest BCUT2D eigenvalue weighted by atomic mass is 10.0. The molecule has 0 saturated carbocycles. The van der Waals surface area contributed by atoms with Crippen LogP contribution in [0.2, 0.25) is 0 Å². The Balaban J connectivity index is 0.000000404. The molecular formula is C15H16. The van der Waals surface area contributed by atoms with Gasteiger partial charge >= 0.3 is 0 Å². The van der Waals surface area contributed by atoms with E-state index in [1.807, 2.05) is 13.8 Å². The van der Waals surface area contributed by atoms with Gasteiger partial charge in [-0.3, -0.25) is 0 Å². The Morgan fingerprint density at radius 3 is 2.40 bits per heavy atom. The Labute approximate surface area is 91.2 Å². The van der Waals surface area contributed by atoms with Gasteiger partial charge in [-0.05, 0) is 34.4 Å². The summed E-state index contributed by atoms with van der Waals surface area (Å²) < 4.78 is 0. The summed E-state index contributed by atoms with van der Waals surface area (Å²) in [6.45, 7) is 6.15. The van der Waals surface area contributed by atoms with Gasteiger partial charge in [-0.1, -0.05) is 56.3 Å². The van der Waals surface area contributed by atoms with Gasteiger partial charge in [-0.25, -0.2) is 0 Å². The molecule has 0 saturated heterocycles. The Kier molecular flexibility index (Phi) is 2.59. The lowest BCUT2D eigenvalue weighted by Gasteiger charge is -2.02. The normalized spacial score (nSPS) is 11.4. The first-order chi connectivity index (χ1) is 7.34. The molecule has 0 aliphatic heterocycles. The SMILES string of the molecule is CC.Cc1cc2c3c(cccc3c1)C=C2. The first-order valence-corrected chi connectivity index (χ1v) is 5.56. The molecule has 15 heavy (non-hydrogen) atoms. The molecular weight excluding hydrogens is 180 g/mol. The van der Waals surface area contributed by atoms with Crippen LogP contribution >= 0.6 is 0 Å². The number of rotatable bonds is 0. The van der Waals surface area contributed by atoms with Crippen LogP contribution in [0.4, 0.5) is 0 Å². The van der Waals surface area contributed by atoms with Crippen molar-refractivity contribution < 1.29 is 0 Å². The highest BCUT2D eigenvalue weighted by atomic mass is 14.1. The molecule has 0 N–H and O–H groups in total. The summed E-state index contributed by atoms with van der Waals surface area (Å²) in [5.41, 5.74) is 4.06. The van der Waals surface area contributed by atoms with Crippen LogP contribution in [-0.2, 0) is 0 Å². The maximum absolute atomic E-state index is 2.25. The Morgan fingerprint density at radius 1 is 0.867 bits per heavy atom. The van der Waals surface area contributed by atoms with Gasteiger partial charge < -0.3 is 0 Å². The maximum atomic E-state index is 2.25. The third kappa shape index (κ3) is 1.56. The van der Waals surface area contributed by atoms with E-state index in [2.05, 4.69) is 49.4 Å². The molecule has 0 amide bonds. The number of aryl methyl sites for hydroxylation is 1. The predicted molar refractivity (Wildman–Crippen MR) is 69.0 cm³/mol. The van der Waals surface area contributed by atoms with Gasteiger partial charge in [0.25, 0.3) is 0 Å². The van der Waals surface area contributed by atoms with Crippen LogP contribution in [0.3, 0.4) is 0 Å². The Hall–Kier alpha value is -1.56. The van der Waals surface area contributed by atoms with Crippen LogP contribution in [0.1, 0.15) is 30.5 Å². The molecule has 0 fully saturated rings. The molecule has 0 heterocycles. The quantitative estimate of drug-likeness (QED) is 0.490. The van der Waals surface area contributed by atoms with Crippen molar-refractivity contribution in [2.75, 3.05) is 0 Å². The summed E-state index contributed by atoms with van der Waals surface area (Å²) in [7, 11) is 0. The van der Waals surface area contributed by atoms with E-state index >= 15 is 0 Å². The predicted octanol–water partition coefficient (Wildman–Crippen LogP) is 4.66. The molecule has 0 aromatic heterocycles. The number of benzene rings is 2. The Bertz CT molecular complexity index is 519. The summed E-state index contributed by atoms with van der Waals surface area (Å²) in [4.78, 5) is 0. The summed E-state index contributed by atoms with van der Waals surface area (Å²) in [6.07, 6.45) is 4.39. The summed E-state index contributed by atoms with van der Waals surface area (Å²) in [5.74, 6) is 0. The minimum Gasteiger partial charge on any atom is -0.0683 e. The largest absolute Gasteiger partial charge is 0.0683 e. The first kappa shape index (κ1) is 9.97. The van der Waals surface area contributed by atoms with Gasteiger partial charge in [0, 0.05) is 0 Å². The highest BCUT2D eigenvalue weighted by Gasteiger charge is 2.08. The molecule has 0 bridgehead atoms. The fourth-order valence-corrected chi connectivity index (χ4v) is 2.10. The molecule has 0 heteroatoms. The summed E-state index contributed by atoms with van der Waals surface area (Å²) in [6, 6.07) is 11.0. The second kappa shape index (κ2) is 3.90. The third-order valence-corrected chi connectivity index (χ3v) is 2.63. The molecule has 2 aromatic carbocycles.